The van der Waals surface area contributed by atoms with Crippen molar-refractivity contribution in [1.29, 1.82) is 0 Å². The maximum atomic E-state index is 11.6. The second-order valence-electron chi connectivity index (χ2n) is 7.36. The van der Waals surface area contributed by atoms with Gasteiger partial charge in [0.15, 0.2) is 0 Å². The summed E-state index contributed by atoms with van der Waals surface area (Å²) >= 11 is 0. The van der Waals surface area contributed by atoms with Crippen molar-refractivity contribution in [3.05, 3.63) is 65.2 Å². The average Bonchev–Trinajstić information content (AvgIpc) is 2.70. The molecule has 0 spiro atoms. The van der Waals surface area contributed by atoms with Gasteiger partial charge in [-0.3, -0.25) is 9.69 Å². The third kappa shape index (κ3) is 4.15. The van der Waals surface area contributed by atoms with Crippen LogP contribution in [-0.4, -0.2) is 48.8 Å². The minimum Gasteiger partial charge on any atom is -0.481 e. The summed E-state index contributed by atoms with van der Waals surface area (Å²) in [7, 11) is 0. The van der Waals surface area contributed by atoms with Crippen LogP contribution in [-0.2, 0) is 22.6 Å². The lowest BCUT2D eigenvalue weighted by molar-refractivity contribution is -0.139. The summed E-state index contributed by atoms with van der Waals surface area (Å²) in [6.45, 7) is 6.18. The topological polar surface area (TPSA) is 53.0 Å². The normalized spacial score (nSPS) is 20.3. The number of carboxylic acid groups (broad SMARTS) is 1. The highest BCUT2D eigenvalue weighted by Gasteiger charge is 2.29. The summed E-state index contributed by atoms with van der Waals surface area (Å²) < 4.78 is 5.41. The number of nitrogens with zero attached hydrogens (tertiary/aromatic N) is 2. The molecule has 4 rings (SSSR count). The number of rotatable bonds is 5. The van der Waals surface area contributed by atoms with E-state index in [4.69, 9.17) is 4.74 Å². The quantitative estimate of drug-likeness (QED) is 0.881. The van der Waals surface area contributed by atoms with Gasteiger partial charge in [0.1, 0.15) is 0 Å². The molecule has 142 valence electrons. The van der Waals surface area contributed by atoms with E-state index in [2.05, 4.69) is 34.1 Å². The predicted molar refractivity (Wildman–Crippen MR) is 105 cm³/mol. The monoisotopic (exact) mass is 366 g/mol. The SMILES string of the molecule is O=C(O)C1CCN(Cc2ccc(CN3CCOCC3)cc2)c2ccccc21. The first-order valence-electron chi connectivity index (χ1n) is 9.65. The fourth-order valence-corrected chi connectivity index (χ4v) is 4.04. The first kappa shape index (κ1) is 18.0. The van der Waals surface area contributed by atoms with Crippen molar-refractivity contribution in [2.75, 3.05) is 37.7 Å². The molecule has 5 nitrogen and oxygen atoms in total. The minimum absolute atomic E-state index is 0.395. The van der Waals surface area contributed by atoms with Crippen LogP contribution in [0.15, 0.2) is 48.5 Å². The lowest BCUT2D eigenvalue weighted by Crippen LogP contribution is -2.35. The Morgan fingerprint density at radius 2 is 1.63 bits per heavy atom. The Hall–Kier alpha value is -2.37. The Balaban J connectivity index is 1.44. The number of ether oxygens (including phenoxy) is 1. The Bertz CT molecular complexity index is 784. The molecular formula is C22H26N2O3. The molecule has 0 bridgehead atoms. The maximum Gasteiger partial charge on any atom is 0.311 e. The van der Waals surface area contributed by atoms with E-state index < -0.39 is 11.9 Å². The largest absolute Gasteiger partial charge is 0.481 e. The zero-order valence-corrected chi connectivity index (χ0v) is 15.5. The first-order valence-corrected chi connectivity index (χ1v) is 9.65. The van der Waals surface area contributed by atoms with E-state index >= 15 is 0 Å². The molecule has 2 heterocycles. The molecule has 1 unspecified atom stereocenters. The summed E-state index contributed by atoms with van der Waals surface area (Å²) in [6, 6.07) is 16.7. The van der Waals surface area contributed by atoms with Gasteiger partial charge in [0.2, 0.25) is 0 Å². The van der Waals surface area contributed by atoms with Gasteiger partial charge < -0.3 is 14.7 Å². The summed E-state index contributed by atoms with van der Waals surface area (Å²) in [6.07, 6.45) is 0.654. The number of anilines is 1. The maximum absolute atomic E-state index is 11.6. The van der Waals surface area contributed by atoms with E-state index in [1.54, 1.807) is 0 Å². The van der Waals surface area contributed by atoms with E-state index in [1.165, 1.54) is 11.1 Å². The summed E-state index contributed by atoms with van der Waals surface area (Å²) in [4.78, 5) is 16.3. The molecule has 2 aromatic rings. The second kappa shape index (κ2) is 8.11. The fourth-order valence-electron chi connectivity index (χ4n) is 4.04. The number of hydrogen-bond donors (Lipinski definition) is 1. The van der Waals surface area contributed by atoms with Crippen LogP contribution in [0.25, 0.3) is 0 Å². The Morgan fingerprint density at radius 1 is 0.963 bits per heavy atom. The second-order valence-corrected chi connectivity index (χ2v) is 7.36. The smallest absolute Gasteiger partial charge is 0.311 e. The van der Waals surface area contributed by atoms with Gasteiger partial charge in [0.25, 0.3) is 0 Å². The highest BCUT2D eigenvalue weighted by Crippen LogP contribution is 2.36. The minimum atomic E-state index is -0.727. The van der Waals surface area contributed by atoms with Crippen LogP contribution >= 0.6 is 0 Å². The molecule has 27 heavy (non-hydrogen) atoms. The summed E-state index contributed by atoms with van der Waals surface area (Å²) in [5, 5.41) is 9.50. The van der Waals surface area contributed by atoms with Crippen LogP contribution in [0, 0.1) is 0 Å². The molecule has 1 N–H and O–H groups in total. The van der Waals surface area contributed by atoms with Gasteiger partial charge in [0.05, 0.1) is 19.1 Å². The third-order valence-electron chi connectivity index (χ3n) is 5.54. The molecule has 5 heteroatoms. The van der Waals surface area contributed by atoms with Crippen LogP contribution in [0.3, 0.4) is 0 Å². The fraction of sp³-hybridized carbons (Fsp3) is 0.409. The summed E-state index contributed by atoms with van der Waals surface area (Å²) in [5.74, 6) is -1.12. The van der Waals surface area contributed by atoms with Gasteiger partial charge in [-0.25, -0.2) is 0 Å². The third-order valence-corrected chi connectivity index (χ3v) is 5.54. The predicted octanol–water partition coefficient (Wildman–Crippen LogP) is 3.10. The zero-order valence-electron chi connectivity index (χ0n) is 15.5. The number of morpholine rings is 1. The van der Waals surface area contributed by atoms with Gasteiger partial charge >= 0.3 is 5.97 Å². The van der Waals surface area contributed by atoms with Crippen molar-refractivity contribution in [2.24, 2.45) is 0 Å². The van der Waals surface area contributed by atoms with Gasteiger partial charge in [-0.15, -0.1) is 0 Å². The van der Waals surface area contributed by atoms with Crippen LogP contribution in [0.5, 0.6) is 0 Å². The standard InChI is InChI=1S/C22H26N2O3/c25-22(26)20-9-10-24(21-4-2-1-3-19(20)21)16-18-7-5-17(6-8-18)15-23-11-13-27-14-12-23/h1-8,20H,9-16H2,(H,25,26). The van der Waals surface area contributed by atoms with Gasteiger partial charge in [-0.05, 0) is 29.2 Å². The van der Waals surface area contributed by atoms with Crippen molar-refractivity contribution in [2.45, 2.75) is 25.4 Å². The Labute approximate surface area is 160 Å². The first-order chi connectivity index (χ1) is 13.2. The molecule has 0 saturated carbocycles. The van der Waals surface area contributed by atoms with Crippen molar-refractivity contribution < 1.29 is 14.6 Å². The molecule has 2 aliphatic heterocycles. The molecule has 1 atom stereocenters. The molecule has 1 saturated heterocycles. The molecule has 0 aliphatic carbocycles. The lowest BCUT2D eigenvalue weighted by atomic mass is 9.89. The summed E-state index contributed by atoms with van der Waals surface area (Å²) in [5.41, 5.74) is 4.56. The van der Waals surface area contributed by atoms with Crippen LogP contribution < -0.4 is 4.90 Å². The highest BCUT2D eigenvalue weighted by atomic mass is 16.5. The van der Waals surface area contributed by atoms with Crippen molar-refractivity contribution in [3.63, 3.8) is 0 Å². The molecule has 1 fully saturated rings. The molecule has 2 aromatic carbocycles. The molecular weight excluding hydrogens is 340 g/mol. The molecule has 0 radical (unpaired) electrons. The number of carbonyl (C=O) groups is 1. The van der Waals surface area contributed by atoms with Crippen molar-refractivity contribution in [1.82, 2.24) is 4.90 Å². The van der Waals surface area contributed by atoms with Gasteiger partial charge in [-0.2, -0.15) is 0 Å². The van der Waals surface area contributed by atoms with Gasteiger partial charge in [-0.1, -0.05) is 42.5 Å². The van der Waals surface area contributed by atoms with Crippen LogP contribution in [0.1, 0.15) is 29.0 Å². The zero-order chi connectivity index (χ0) is 18.6. The van der Waals surface area contributed by atoms with Crippen LogP contribution in [0.4, 0.5) is 5.69 Å². The lowest BCUT2D eigenvalue weighted by Gasteiger charge is -2.34. The molecule has 0 aromatic heterocycles. The van der Waals surface area contributed by atoms with E-state index in [9.17, 15) is 9.90 Å². The van der Waals surface area contributed by atoms with Gasteiger partial charge in [0, 0.05) is 38.4 Å². The highest BCUT2D eigenvalue weighted by molar-refractivity contribution is 5.80. The number of benzene rings is 2. The van der Waals surface area contributed by atoms with Crippen molar-refractivity contribution >= 4 is 11.7 Å². The van der Waals surface area contributed by atoms with E-state index in [0.717, 1.165) is 57.2 Å². The Kier molecular flexibility index (Phi) is 5.41. The Morgan fingerprint density at radius 3 is 2.33 bits per heavy atom. The number of hydrogen-bond acceptors (Lipinski definition) is 4. The van der Waals surface area contributed by atoms with Crippen LogP contribution in [0.2, 0.25) is 0 Å². The number of carboxylic acids is 1. The van der Waals surface area contributed by atoms with E-state index in [1.807, 2.05) is 24.3 Å². The molecule has 0 amide bonds. The average molecular weight is 366 g/mol. The number of fused-ring (bicyclic) bond motifs is 1. The number of para-hydroxylation sites is 1. The van der Waals surface area contributed by atoms with E-state index in [-0.39, 0.29) is 0 Å². The van der Waals surface area contributed by atoms with Crippen molar-refractivity contribution in [3.8, 4) is 0 Å². The number of aliphatic carboxylic acids is 1. The molecule has 2 aliphatic rings. The van der Waals surface area contributed by atoms with E-state index in [0.29, 0.717) is 6.42 Å².